The first-order chi connectivity index (χ1) is 15.0. The van der Waals surface area contributed by atoms with Crippen LogP contribution in [0.5, 0.6) is 5.75 Å². The fourth-order valence-corrected chi connectivity index (χ4v) is 4.20. The molecule has 1 aliphatic heterocycles. The number of nitrogens with zero attached hydrogens (tertiary/aromatic N) is 1. The number of furan rings is 1. The van der Waals surface area contributed by atoms with Crippen molar-refractivity contribution in [3.63, 3.8) is 0 Å². The fraction of sp³-hybridized carbons (Fsp3) is 0.400. The van der Waals surface area contributed by atoms with Crippen molar-refractivity contribution >= 4 is 16.9 Å². The molecule has 1 amide bonds. The number of carbonyl (C=O) groups excluding carboxylic acids is 1. The van der Waals surface area contributed by atoms with E-state index in [0.717, 1.165) is 47.5 Å². The molecule has 164 valence electrons. The number of ether oxygens (including phenoxy) is 2. The van der Waals surface area contributed by atoms with E-state index in [1.165, 1.54) is 5.56 Å². The predicted molar refractivity (Wildman–Crippen MR) is 120 cm³/mol. The molecule has 1 aromatic heterocycles. The van der Waals surface area contributed by atoms with Gasteiger partial charge in [-0.15, -0.1) is 0 Å². The van der Waals surface area contributed by atoms with Gasteiger partial charge in [0.15, 0.2) is 0 Å². The van der Waals surface area contributed by atoms with Gasteiger partial charge >= 0.3 is 0 Å². The number of nitrogens with one attached hydrogen (secondary N) is 1. The largest absolute Gasteiger partial charge is 0.497 e. The first kappa shape index (κ1) is 21.4. The maximum absolute atomic E-state index is 12.4. The van der Waals surface area contributed by atoms with Gasteiger partial charge in [-0.05, 0) is 37.1 Å². The van der Waals surface area contributed by atoms with E-state index in [-0.39, 0.29) is 24.5 Å². The highest BCUT2D eigenvalue weighted by atomic mass is 16.5. The number of hydrogen-bond acceptors (Lipinski definition) is 5. The molecule has 0 saturated carbocycles. The van der Waals surface area contributed by atoms with E-state index in [1.807, 2.05) is 18.2 Å². The maximum atomic E-state index is 12.4. The molecule has 0 spiro atoms. The first-order valence-electron chi connectivity index (χ1n) is 10.8. The molecule has 2 unspecified atom stereocenters. The smallest absolute Gasteiger partial charge is 0.224 e. The average Bonchev–Trinajstić information content (AvgIpc) is 3.14. The molecule has 1 aliphatic rings. The van der Waals surface area contributed by atoms with Crippen LogP contribution in [0.1, 0.15) is 30.5 Å². The van der Waals surface area contributed by atoms with Crippen molar-refractivity contribution in [1.29, 1.82) is 0 Å². The van der Waals surface area contributed by atoms with Gasteiger partial charge in [0, 0.05) is 43.2 Å². The Morgan fingerprint density at radius 2 is 1.81 bits per heavy atom. The molecule has 2 aromatic carbocycles. The van der Waals surface area contributed by atoms with Gasteiger partial charge in [0.2, 0.25) is 5.91 Å². The van der Waals surface area contributed by atoms with Crippen molar-refractivity contribution in [2.24, 2.45) is 0 Å². The normalized spacial score (nSPS) is 19.5. The minimum absolute atomic E-state index is 0.0288. The van der Waals surface area contributed by atoms with Crippen molar-refractivity contribution in [2.45, 2.75) is 45.6 Å². The molecule has 0 bridgehead atoms. The molecule has 31 heavy (non-hydrogen) atoms. The predicted octanol–water partition coefficient (Wildman–Crippen LogP) is 3.91. The number of benzene rings is 2. The lowest BCUT2D eigenvalue weighted by Crippen LogP contribution is -2.44. The first-order valence-corrected chi connectivity index (χ1v) is 10.8. The SMILES string of the molecule is COc1ccc2c(CC(=O)NCc3ccc(CN4CC(C)OC(C)C4)cc3)coc2c1. The molecular weight excluding hydrogens is 392 g/mol. The lowest BCUT2D eigenvalue weighted by atomic mass is 10.1. The zero-order valence-corrected chi connectivity index (χ0v) is 18.4. The van der Waals surface area contributed by atoms with Gasteiger partial charge in [0.05, 0.1) is 32.0 Å². The van der Waals surface area contributed by atoms with Crippen LogP contribution in [0.3, 0.4) is 0 Å². The van der Waals surface area contributed by atoms with E-state index in [0.29, 0.717) is 6.54 Å². The van der Waals surface area contributed by atoms with E-state index in [1.54, 1.807) is 13.4 Å². The second kappa shape index (κ2) is 9.54. The molecule has 1 saturated heterocycles. The second-order valence-corrected chi connectivity index (χ2v) is 8.34. The minimum atomic E-state index is -0.0288. The molecule has 6 nitrogen and oxygen atoms in total. The minimum Gasteiger partial charge on any atom is -0.497 e. The summed E-state index contributed by atoms with van der Waals surface area (Å²) in [6, 6.07) is 14.1. The molecule has 4 rings (SSSR count). The second-order valence-electron chi connectivity index (χ2n) is 8.34. The molecule has 0 aliphatic carbocycles. The lowest BCUT2D eigenvalue weighted by molar-refractivity contribution is -0.120. The van der Waals surface area contributed by atoms with Gasteiger partial charge in [-0.25, -0.2) is 0 Å². The Morgan fingerprint density at radius 3 is 2.52 bits per heavy atom. The summed E-state index contributed by atoms with van der Waals surface area (Å²) in [7, 11) is 1.62. The van der Waals surface area contributed by atoms with Gasteiger partial charge in [-0.1, -0.05) is 24.3 Å². The molecular formula is C25H30N2O4. The Balaban J connectivity index is 1.28. The van der Waals surface area contributed by atoms with E-state index < -0.39 is 0 Å². The summed E-state index contributed by atoms with van der Waals surface area (Å²) in [5.74, 6) is 0.706. The number of amides is 1. The van der Waals surface area contributed by atoms with Crippen molar-refractivity contribution < 1.29 is 18.7 Å². The third-order valence-corrected chi connectivity index (χ3v) is 5.63. The third-order valence-electron chi connectivity index (χ3n) is 5.63. The standard InChI is InChI=1S/C25H30N2O4/c1-17-13-27(14-18(2)31-17)15-20-6-4-19(5-7-20)12-26-25(28)10-21-16-30-24-11-22(29-3)8-9-23(21)24/h4-9,11,16-18H,10,12-15H2,1-3H3,(H,26,28). The molecule has 1 fully saturated rings. The number of carbonyl (C=O) groups is 1. The maximum Gasteiger partial charge on any atom is 0.224 e. The van der Waals surface area contributed by atoms with Gasteiger partial charge in [0.25, 0.3) is 0 Å². The van der Waals surface area contributed by atoms with Crippen LogP contribution >= 0.6 is 0 Å². The summed E-state index contributed by atoms with van der Waals surface area (Å²) in [6.07, 6.45) is 2.47. The summed E-state index contributed by atoms with van der Waals surface area (Å²) < 4.78 is 16.6. The highest BCUT2D eigenvalue weighted by Crippen LogP contribution is 2.26. The Bertz CT molecular complexity index is 1020. The number of methoxy groups -OCH3 is 1. The monoisotopic (exact) mass is 422 g/mol. The Morgan fingerprint density at radius 1 is 1.10 bits per heavy atom. The van der Waals surface area contributed by atoms with Gasteiger partial charge in [-0.3, -0.25) is 9.69 Å². The van der Waals surface area contributed by atoms with Crippen molar-refractivity contribution in [3.05, 3.63) is 65.4 Å². The summed E-state index contributed by atoms with van der Waals surface area (Å²) >= 11 is 0. The summed E-state index contributed by atoms with van der Waals surface area (Å²) in [5, 5.41) is 3.94. The third kappa shape index (κ3) is 5.46. The van der Waals surface area contributed by atoms with Crippen LogP contribution < -0.4 is 10.1 Å². The molecule has 2 atom stereocenters. The van der Waals surface area contributed by atoms with E-state index in [4.69, 9.17) is 13.9 Å². The van der Waals surface area contributed by atoms with E-state index >= 15 is 0 Å². The Hall–Kier alpha value is -2.83. The Kier molecular flexibility index (Phi) is 6.59. The summed E-state index contributed by atoms with van der Waals surface area (Å²) in [6.45, 7) is 7.59. The molecule has 0 radical (unpaired) electrons. The van der Waals surface area contributed by atoms with Crippen LogP contribution in [0, 0.1) is 0 Å². The zero-order valence-electron chi connectivity index (χ0n) is 18.4. The van der Waals surface area contributed by atoms with E-state index in [9.17, 15) is 4.79 Å². The molecule has 6 heteroatoms. The quantitative estimate of drug-likeness (QED) is 0.626. The van der Waals surface area contributed by atoms with Crippen LogP contribution in [-0.2, 0) is 29.0 Å². The highest BCUT2D eigenvalue weighted by Gasteiger charge is 2.22. The summed E-state index contributed by atoms with van der Waals surface area (Å²) in [5.41, 5.74) is 3.96. The van der Waals surface area contributed by atoms with Crippen LogP contribution in [-0.4, -0.2) is 43.2 Å². The van der Waals surface area contributed by atoms with Gasteiger partial charge < -0.3 is 19.2 Å². The fourth-order valence-electron chi connectivity index (χ4n) is 4.20. The van der Waals surface area contributed by atoms with Crippen molar-refractivity contribution in [1.82, 2.24) is 10.2 Å². The molecule has 3 aromatic rings. The average molecular weight is 423 g/mol. The number of fused-ring (bicyclic) bond motifs is 1. The summed E-state index contributed by atoms with van der Waals surface area (Å²) in [4.78, 5) is 14.9. The topological polar surface area (TPSA) is 63.9 Å². The van der Waals surface area contributed by atoms with Gasteiger partial charge in [-0.2, -0.15) is 0 Å². The van der Waals surface area contributed by atoms with Crippen LogP contribution in [0.4, 0.5) is 0 Å². The van der Waals surface area contributed by atoms with Crippen molar-refractivity contribution in [3.8, 4) is 5.75 Å². The Labute approximate surface area is 183 Å². The number of hydrogen-bond donors (Lipinski definition) is 1. The lowest BCUT2D eigenvalue weighted by Gasteiger charge is -2.35. The van der Waals surface area contributed by atoms with Gasteiger partial charge in [0.1, 0.15) is 11.3 Å². The number of rotatable bonds is 7. The molecule has 1 N–H and O–H groups in total. The van der Waals surface area contributed by atoms with Crippen LogP contribution in [0.2, 0.25) is 0 Å². The van der Waals surface area contributed by atoms with Crippen LogP contribution in [0.25, 0.3) is 11.0 Å². The highest BCUT2D eigenvalue weighted by molar-refractivity contribution is 5.88. The molecule has 2 heterocycles. The van der Waals surface area contributed by atoms with E-state index in [2.05, 4.69) is 48.3 Å². The van der Waals surface area contributed by atoms with Crippen LogP contribution in [0.15, 0.2) is 53.1 Å². The zero-order chi connectivity index (χ0) is 21.8. The van der Waals surface area contributed by atoms with Crippen molar-refractivity contribution in [2.75, 3.05) is 20.2 Å². The number of morpholine rings is 1.